The second-order valence-electron chi connectivity index (χ2n) is 8.01. The highest BCUT2D eigenvalue weighted by atomic mass is 16.5. The lowest BCUT2D eigenvalue weighted by Gasteiger charge is -2.29. The van der Waals surface area contributed by atoms with Gasteiger partial charge in [-0.2, -0.15) is 0 Å². The molecule has 1 saturated carbocycles. The summed E-state index contributed by atoms with van der Waals surface area (Å²) in [7, 11) is 1.62. The average molecular weight is 421 g/mol. The molecule has 0 atom stereocenters. The van der Waals surface area contributed by atoms with Gasteiger partial charge in [-0.25, -0.2) is 4.79 Å². The lowest BCUT2D eigenvalue weighted by atomic mass is 9.94. The summed E-state index contributed by atoms with van der Waals surface area (Å²) in [5.41, 5.74) is 2.37. The predicted molar refractivity (Wildman–Crippen MR) is 118 cm³/mol. The van der Waals surface area contributed by atoms with E-state index in [-0.39, 0.29) is 23.9 Å². The van der Waals surface area contributed by atoms with Gasteiger partial charge in [0.2, 0.25) is 0 Å². The fraction of sp³-hybridized carbons (Fsp3) is 0.375. The molecule has 0 aromatic heterocycles. The number of carbonyl (C=O) groups is 3. The molecule has 1 aliphatic carbocycles. The first-order chi connectivity index (χ1) is 15.1. The molecule has 0 saturated heterocycles. The summed E-state index contributed by atoms with van der Waals surface area (Å²) in [6.07, 6.45) is 5.66. The van der Waals surface area contributed by atoms with Crippen LogP contribution in [-0.2, 0) is 6.42 Å². The third-order valence-corrected chi connectivity index (χ3v) is 5.97. The van der Waals surface area contributed by atoms with Gasteiger partial charge in [0.25, 0.3) is 11.8 Å². The van der Waals surface area contributed by atoms with Crippen LogP contribution >= 0.6 is 0 Å². The van der Waals surface area contributed by atoms with Gasteiger partial charge in [0.15, 0.2) is 0 Å². The van der Waals surface area contributed by atoms with Crippen molar-refractivity contribution in [3.63, 3.8) is 0 Å². The Morgan fingerprint density at radius 2 is 1.71 bits per heavy atom. The van der Waals surface area contributed by atoms with Crippen LogP contribution in [0.3, 0.4) is 0 Å². The summed E-state index contributed by atoms with van der Waals surface area (Å²) < 4.78 is 5.14. The molecule has 2 aromatic rings. The molecule has 0 radical (unpaired) electrons. The van der Waals surface area contributed by atoms with Crippen LogP contribution in [0.4, 0.5) is 10.5 Å². The zero-order valence-corrected chi connectivity index (χ0v) is 17.6. The Morgan fingerprint density at radius 3 is 2.42 bits per heavy atom. The van der Waals surface area contributed by atoms with Gasteiger partial charge in [0.1, 0.15) is 5.75 Å². The van der Waals surface area contributed by atoms with Crippen molar-refractivity contribution in [2.24, 2.45) is 0 Å². The Kier molecular flexibility index (Phi) is 6.21. The average Bonchev–Trinajstić information content (AvgIpc) is 3.04. The molecular weight excluding hydrogens is 394 g/mol. The Balaban J connectivity index is 1.34. The Bertz CT molecular complexity index is 981. The van der Waals surface area contributed by atoms with Crippen LogP contribution in [0.1, 0.15) is 58.4 Å². The molecule has 1 fully saturated rings. The van der Waals surface area contributed by atoms with E-state index in [9.17, 15) is 14.4 Å². The second kappa shape index (κ2) is 9.20. The minimum Gasteiger partial charge on any atom is -0.497 e. The zero-order valence-electron chi connectivity index (χ0n) is 17.6. The minimum absolute atomic E-state index is 0.0150. The smallest absolute Gasteiger partial charge is 0.319 e. The van der Waals surface area contributed by atoms with E-state index in [1.54, 1.807) is 25.3 Å². The summed E-state index contributed by atoms with van der Waals surface area (Å²) in [5, 5.41) is 5.57. The highest BCUT2D eigenvalue weighted by Gasteiger charge is 2.40. The van der Waals surface area contributed by atoms with Gasteiger partial charge in [0.05, 0.1) is 18.2 Å². The van der Waals surface area contributed by atoms with Crippen molar-refractivity contribution < 1.29 is 19.1 Å². The number of hydrogen-bond donors (Lipinski definition) is 2. The number of fused-ring (bicyclic) bond motifs is 1. The van der Waals surface area contributed by atoms with Crippen molar-refractivity contribution in [3.05, 3.63) is 59.2 Å². The van der Waals surface area contributed by atoms with Crippen LogP contribution in [0.25, 0.3) is 0 Å². The molecule has 1 heterocycles. The summed E-state index contributed by atoms with van der Waals surface area (Å²) >= 11 is 0. The maximum absolute atomic E-state index is 12.9. The van der Waals surface area contributed by atoms with Crippen molar-refractivity contribution in [3.8, 4) is 5.75 Å². The van der Waals surface area contributed by atoms with E-state index in [2.05, 4.69) is 10.6 Å². The highest BCUT2D eigenvalue weighted by molar-refractivity contribution is 6.22. The molecule has 0 spiro atoms. The van der Waals surface area contributed by atoms with Crippen molar-refractivity contribution in [1.29, 1.82) is 0 Å². The summed E-state index contributed by atoms with van der Waals surface area (Å²) in [4.78, 5) is 39.3. The predicted octanol–water partition coefficient (Wildman–Crippen LogP) is 3.99. The number of nitrogens with one attached hydrogen (secondary N) is 2. The van der Waals surface area contributed by atoms with E-state index in [1.165, 1.54) is 4.90 Å². The molecule has 2 aliphatic rings. The number of imide groups is 1. The molecule has 4 amide bonds. The molecule has 1 aliphatic heterocycles. The largest absolute Gasteiger partial charge is 0.497 e. The number of rotatable bonds is 6. The van der Waals surface area contributed by atoms with Gasteiger partial charge in [-0.15, -0.1) is 0 Å². The van der Waals surface area contributed by atoms with Gasteiger partial charge < -0.3 is 15.4 Å². The number of nitrogens with zero attached hydrogens (tertiary/aromatic N) is 1. The number of hydrogen-bond acceptors (Lipinski definition) is 4. The fourth-order valence-corrected chi connectivity index (χ4v) is 4.30. The van der Waals surface area contributed by atoms with E-state index in [1.807, 2.05) is 24.3 Å². The third-order valence-electron chi connectivity index (χ3n) is 5.97. The molecular formula is C24H27N3O4. The SMILES string of the molecule is COc1ccc(CCNC(=O)Nc2ccc3c(c2)C(=O)N(C2CCCCC2)C3=O)cc1. The zero-order chi connectivity index (χ0) is 21.8. The van der Waals surface area contributed by atoms with Gasteiger partial charge in [-0.3, -0.25) is 14.5 Å². The summed E-state index contributed by atoms with van der Waals surface area (Å²) in [5.74, 6) is 0.319. The second-order valence-corrected chi connectivity index (χ2v) is 8.01. The number of methoxy groups -OCH3 is 1. The van der Waals surface area contributed by atoms with E-state index in [4.69, 9.17) is 4.74 Å². The topological polar surface area (TPSA) is 87.7 Å². The van der Waals surface area contributed by atoms with E-state index < -0.39 is 0 Å². The van der Waals surface area contributed by atoms with Crippen LogP contribution in [-0.4, -0.2) is 42.4 Å². The molecule has 2 N–H and O–H groups in total. The maximum atomic E-state index is 12.9. The molecule has 0 unspecified atom stereocenters. The Labute approximate surface area is 181 Å². The van der Waals surface area contributed by atoms with Gasteiger partial charge in [0, 0.05) is 18.3 Å². The van der Waals surface area contributed by atoms with Gasteiger partial charge in [-0.05, 0) is 55.2 Å². The first-order valence-electron chi connectivity index (χ1n) is 10.8. The number of urea groups is 1. The van der Waals surface area contributed by atoms with E-state index in [0.717, 1.165) is 43.4 Å². The molecule has 7 heteroatoms. The van der Waals surface area contributed by atoms with Crippen molar-refractivity contribution in [1.82, 2.24) is 10.2 Å². The lowest BCUT2D eigenvalue weighted by molar-refractivity contribution is 0.0549. The minimum atomic E-state index is -0.352. The number of benzene rings is 2. The molecule has 162 valence electrons. The van der Waals surface area contributed by atoms with Crippen LogP contribution in [0.2, 0.25) is 0 Å². The quantitative estimate of drug-likeness (QED) is 0.691. The van der Waals surface area contributed by atoms with Gasteiger partial charge >= 0.3 is 6.03 Å². The summed E-state index contributed by atoms with van der Waals surface area (Å²) in [6, 6.07) is 12.2. The molecule has 2 aromatic carbocycles. The monoisotopic (exact) mass is 421 g/mol. The van der Waals surface area contributed by atoms with E-state index >= 15 is 0 Å². The highest BCUT2D eigenvalue weighted by Crippen LogP contribution is 2.32. The first-order valence-corrected chi connectivity index (χ1v) is 10.8. The van der Waals surface area contributed by atoms with E-state index in [0.29, 0.717) is 29.8 Å². The lowest BCUT2D eigenvalue weighted by Crippen LogP contribution is -2.40. The maximum Gasteiger partial charge on any atom is 0.319 e. The standard InChI is InChI=1S/C24H27N3O4/c1-31-19-10-7-16(8-11-19)13-14-25-24(30)26-17-9-12-20-21(15-17)23(29)27(22(20)28)18-5-3-2-4-6-18/h7-12,15,18H,2-6,13-14H2,1H3,(H2,25,26,30). The number of amides is 4. The van der Waals surface area contributed by atoms with Crippen molar-refractivity contribution in [2.75, 3.05) is 19.0 Å². The molecule has 31 heavy (non-hydrogen) atoms. The number of ether oxygens (including phenoxy) is 1. The number of carbonyl (C=O) groups excluding carboxylic acids is 3. The van der Waals surface area contributed by atoms with Crippen molar-refractivity contribution in [2.45, 2.75) is 44.6 Å². The molecule has 0 bridgehead atoms. The first kappa shape index (κ1) is 20.9. The van der Waals surface area contributed by atoms with Gasteiger partial charge in [-0.1, -0.05) is 31.4 Å². The van der Waals surface area contributed by atoms with Crippen LogP contribution in [0, 0.1) is 0 Å². The molecule has 7 nitrogen and oxygen atoms in total. The fourth-order valence-electron chi connectivity index (χ4n) is 4.30. The van der Waals surface area contributed by atoms with Crippen LogP contribution in [0.5, 0.6) is 5.75 Å². The van der Waals surface area contributed by atoms with Crippen LogP contribution < -0.4 is 15.4 Å². The van der Waals surface area contributed by atoms with Crippen LogP contribution in [0.15, 0.2) is 42.5 Å². The third kappa shape index (κ3) is 4.55. The Morgan fingerprint density at radius 1 is 1.00 bits per heavy atom. The number of anilines is 1. The Hall–Kier alpha value is -3.35. The summed E-state index contributed by atoms with van der Waals surface area (Å²) in [6.45, 7) is 0.468. The normalized spacial score (nSPS) is 16.2. The van der Waals surface area contributed by atoms with Crippen molar-refractivity contribution >= 4 is 23.5 Å². The molecule has 4 rings (SSSR count).